The van der Waals surface area contributed by atoms with Crippen molar-refractivity contribution in [3.63, 3.8) is 0 Å². The molecule has 0 spiro atoms. The van der Waals surface area contributed by atoms with Gasteiger partial charge >= 0.3 is 0 Å². The first kappa shape index (κ1) is 15.3. The monoisotopic (exact) mass is 357 g/mol. The highest BCUT2D eigenvalue weighted by Gasteiger charge is 2.14. The van der Waals surface area contributed by atoms with Crippen LogP contribution in [0, 0.1) is 5.82 Å². The third kappa shape index (κ3) is 3.51. The molecule has 106 valence electrons. The lowest BCUT2D eigenvalue weighted by Crippen LogP contribution is -2.14. The minimum Gasteiger partial charge on any atom is -0.494 e. The van der Waals surface area contributed by atoms with Crippen molar-refractivity contribution < 1.29 is 9.13 Å². The molecule has 0 aromatic heterocycles. The standard InChI is InChI=1S/C15H14BrClFNO/c1-20-14-4-2-3-9(15(14)18)7-13(19)10-5-11(16)8-12(17)6-10/h2-6,8,13H,7,19H2,1H3. The molecule has 20 heavy (non-hydrogen) atoms. The van der Waals surface area contributed by atoms with Crippen molar-refractivity contribution in [2.75, 3.05) is 7.11 Å². The van der Waals surface area contributed by atoms with Crippen molar-refractivity contribution in [2.24, 2.45) is 5.73 Å². The molecule has 2 aromatic rings. The highest BCUT2D eigenvalue weighted by atomic mass is 79.9. The first-order chi connectivity index (χ1) is 9.51. The second kappa shape index (κ2) is 6.57. The van der Waals surface area contributed by atoms with E-state index in [1.165, 1.54) is 7.11 Å². The van der Waals surface area contributed by atoms with Crippen molar-refractivity contribution >= 4 is 27.5 Å². The summed E-state index contributed by atoms with van der Waals surface area (Å²) in [4.78, 5) is 0. The summed E-state index contributed by atoms with van der Waals surface area (Å²) in [5.74, 6) is -0.145. The number of benzene rings is 2. The fourth-order valence-corrected chi connectivity index (χ4v) is 2.90. The van der Waals surface area contributed by atoms with Crippen LogP contribution in [0.1, 0.15) is 17.2 Å². The van der Waals surface area contributed by atoms with Crippen LogP contribution < -0.4 is 10.5 Å². The SMILES string of the molecule is COc1cccc(CC(N)c2cc(Cl)cc(Br)c2)c1F. The van der Waals surface area contributed by atoms with E-state index < -0.39 is 0 Å². The maximum Gasteiger partial charge on any atom is 0.168 e. The maximum atomic E-state index is 14.1. The summed E-state index contributed by atoms with van der Waals surface area (Å²) in [6, 6.07) is 10.1. The van der Waals surface area contributed by atoms with Gasteiger partial charge in [-0.3, -0.25) is 0 Å². The first-order valence-electron chi connectivity index (χ1n) is 6.04. The van der Waals surface area contributed by atoms with E-state index in [9.17, 15) is 4.39 Å². The van der Waals surface area contributed by atoms with Crippen LogP contribution in [0.3, 0.4) is 0 Å². The van der Waals surface area contributed by atoms with Gasteiger partial charge in [0, 0.05) is 15.5 Å². The summed E-state index contributed by atoms with van der Waals surface area (Å²) >= 11 is 9.37. The van der Waals surface area contributed by atoms with Crippen LogP contribution in [0.5, 0.6) is 5.75 Å². The summed E-state index contributed by atoms with van der Waals surface area (Å²) in [7, 11) is 1.44. The van der Waals surface area contributed by atoms with Crippen molar-refractivity contribution in [1.29, 1.82) is 0 Å². The van der Waals surface area contributed by atoms with Gasteiger partial charge in [0.2, 0.25) is 0 Å². The molecule has 0 fully saturated rings. The number of methoxy groups -OCH3 is 1. The Labute approximate surface area is 130 Å². The maximum absolute atomic E-state index is 14.1. The molecule has 2 nitrogen and oxygen atoms in total. The molecule has 2 rings (SSSR count). The highest BCUT2D eigenvalue weighted by molar-refractivity contribution is 9.10. The van der Waals surface area contributed by atoms with Crippen LogP contribution in [0.15, 0.2) is 40.9 Å². The molecule has 5 heteroatoms. The van der Waals surface area contributed by atoms with Crippen LogP contribution in [-0.2, 0) is 6.42 Å². The van der Waals surface area contributed by atoms with E-state index in [0.717, 1.165) is 10.0 Å². The molecule has 2 aromatic carbocycles. The van der Waals surface area contributed by atoms with Gasteiger partial charge in [0.25, 0.3) is 0 Å². The van der Waals surface area contributed by atoms with Gasteiger partial charge in [-0.15, -0.1) is 0 Å². The van der Waals surface area contributed by atoms with E-state index in [0.29, 0.717) is 17.0 Å². The van der Waals surface area contributed by atoms with Gasteiger partial charge in [-0.2, -0.15) is 0 Å². The number of ether oxygens (including phenoxy) is 1. The molecular weight excluding hydrogens is 345 g/mol. The van der Waals surface area contributed by atoms with Gasteiger partial charge in [-0.05, 0) is 41.8 Å². The summed E-state index contributed by atoms with van der Waals surface area (Å²) < 4.78 is 19.9. The van der Waals surface area contributed by atoms with Gasteiger partial charge in [-0.1, -0.05) is 39.7 Å². The van der Waals surface area contributed by atoms with E-state index in [-0.39, 0.29) is 17.6 Å². The molecule has 0 aliphatic carbocycles. The fraction of sp³-hybridized carbons (Fsp3) is 0.200. The Bertz CT molecular complexity index is 601. The molecular formula is C15H14BrClFNO. The molecule has 0 saturated carbocycles. The number of nitrogens with two attached hydrogens (primary N) is 1. The average molecular weight is 359 g/mol. The number of hydrogen-bond donors (Lipinski definition) is 1. The molecule has 0 saturated heterocycles. The van der Waals surface area contributed by atoms with Crippen LogP contribution in [0.4, 0.5) is 4.39 Å². The molecule has 1 unspecified atom stereocenters. The van der Waals surface area contributed by atoms with Gasteiger partial charge in [0.15, 0.2) is 11.6 Å². The molecule has 0 aliphatic rings. The van der Waals surface area contributed by atoms with Gasteiger partial charge in [0.1, 0.15) is 0 Å². The van der Waals surface area contributed by atoms with Crippen LogP contribution in [0.2, 0.25) is 5.02 Å². The Morgan fingerprint density at radius 3 is 2.75 bits per heavy atom. The molecule has 0 aliphatic heterocycles. The van der Waals surface area contributed by atoms with E-state index in [2.05, 4.69) is 15.9 Å². The third-order valence-electron chi connectivity index (χ3n) is 3.02. The van der Waals surface area contributed by atoms with Gasteiger partial charge in [-0.25, -0.2) is 4.39 Å². The number of hydrogen-bond acceptors (Lipinski definition) is 2. The highest BCUT2D eigenvalue weighted by Crippen LogP contribution is 2.27. The van der Waals surface area contributed by atoms with Crippen LogP contribution in [0.25, 0.3) is 0 Å². The van der Waals surface area contributed by atoms with Crippen LogP contribution in [-0.4, -0.2) is 7.11 Å². The average Bonchev–Trinajstić information content (AvgIpc) is 2.40. The lowest BCUT2D eigenvalue weighted by atomic mass is 9.99. The smallest absolute Gasteiger partial charge is 0.168 e. The Hall–Kier alpha value is -1.10. The minimum absolute atomic E-state index is 0.224. The van der Waals surface area contributed by atoms with E-state index in [1.54, 1.807) is 30.3 Å². The predicted molar refractivity (Wildman–Crippen MR) is 82.7 cm³/mol. The normalized spacial score (nSPS) is 12.2. The van der Waals surface area contributed by atoms with Crippen molar-refractivity contribution in [3.05, 3.63) is 62.8 Å². The molecule has 1 atom stereocenters. The van der Waals surface area contributed by atoms with Crippen LogP contribution >= 0.6 is 27.5 Å². The van der Waals surface area contributed by atoms with Crippen molar-refractivity contribution in [2.45, 2.75) is 12.5 Å². The summed E-state index contributed by atoms with van der Waals surface area (Å²) in [6.45, 7) is 0. The Kier molecular flexibility index (Phi) is 5.02. The summed E-state index contributed by atoms with van der Waals surface area (Å²) in [5, 5.41) is 0.593. The van der Waals surface area contributed by atoms with Crippen molar-refractivity contribution in [1.82, 2.24) is 0 Å². The second-order valence-corrected chi connectivity index (χ2v) is 5.80. The number of rotatable bonds is 4. The summed E-state index contributed by atoms with van der Waals surface area (Å²) in [6.07, 6.45) is 0.371. The largest absolute Gasteiger partial charge is 0.494 e. The lowest BCUT2D eigenvalue weighted by molar-refractivity contribution is 0.383. The van der Waals surface area contributed by atoms with E-state index in [1.807, 2.05) is 6.07 Å². The van der Waals surface area contributed by atoms with E-state index >= 15 is 0 Å². The Balaban J connectivity index is 2.25. The quantitative estimate of drug-likeness (QED) is 0.874. The fourth-order valence-electron chi connectivity index (χ4n) is 2.02. The zero-order valence-electron chi connectivity index (χ0n) is 10.9. The molecule has 0 heterocycles. The predicted octanol–water partition coefficient (Wildman–Crippen LogP) is 4.49. The Morgan fingerprint density at radius 2 is 2.10 bits per heavy atom. The molecule has 0 amide bonds. The van der Waals surface area contributed by atoms with Gasteiger partial charge < -0.3 is 10.5 Å². The molecule has 0 bridgehead atoms. The minimum atomic E-state index is -0.369. The zero-order chi connectivity index (χ0) is 14.7. The zero-order valence-corrected chi connectivity index (χ0v) is 13.2. The Morgan fingerprint density at radius 1 is 1.35 bits per heavy atom. The first-order valence-corrected chi connectivity index (χ1v) is 7.21. The molecule has 0 radical (unpaired) electrons. The third-order valence-corrected chi connectivity index (χ3v) is 3.69. The van der Waals surface area contributed by atoms with Crippen molar-refractivity contribution in [3.8, 4) is 5.75 Å². The second-order valence-electron chi connectivity index (χ2n) is 4.45. The van der Waals surface area contributed by atoms with E-state index in [4.69, 9.17) is 22.1 Å². The lowest BCUT2D eigenvalue weighted by Gasteiger charge is -2.14. The number of halogens is 3. The van der Waals surface area contributed by atoms with Gasteiger partial charge in [0.05, 0.1) is 7.11 Å². The topological polar surface area (TPSA) is 35.2 Å². The molecule has 2 N–H and O–H groups in total. The summed E-state index contributed by atoms with van der Waals surface area (Å²) in [5.41, 5.74) is 7.51.